The second kappa shape index (κ2) is 6.85. The highest BCUT2D eigenvalue weighted by molar-refractivity contribution is 7.11. The summed E-state index contributed by atoms with van der Waals surface area (Å²) >= 11 is 1.88. The summed E-state index contributed by atoms with van der Waals surface area (Å²) in [5.41, 5.74) is 1.22. The molecule has 1 fully saturated rings. The molecule has 0 aliphatic heterocycles. The van der Waals surface area contributed by atoms with Crippen LogP contribution >= 0.6 is 11.3 Å². The predicted molar refractivity (Wildman–Crippen MR) is 83.9 cm³/mol. The normalized spacial score (nSPS) is 25.5. The maximum atomic E-state index is 4.72. The molecule has 0 amide bonds. The van der Waals surface area contributed by atoms with Gasteiger partial charge in [0, 0.05) is 17.3 Å². The lowest BCUT2D eigenvalue weighted by Gasteiger charge is -2.33. The van der Waals surface area contributed by atoms with Crippen molar-refractivity contribution in [3.05, 3.63) is 15.6 Å². The number of aromatic nitrogens is 1. The molecule has 1 aliphatic rings. The van der Waals surface area contributed by atoms with Gasteiger partial charge in [0.15, 0.2) is 0 Å². The summed E-state index contributed by atoms with van der Waals surface area (Å²) in [6.45, 7) is 9.99. The molecule has 0 spiro atoms. The number of hydrogen-bond donors (Lipinski definition) is 1. The number of thiazole rings is 1. The summed E-state index contributed by atoms with van der Waals surface area (Å²) in [5.74, 6) is 1.78. The fourth-order valence-electron chi connectivity index (χ4n) is 3.17. The standard InChI is InChI=1S/C16H28N2S/c1-5-17-15(14-8-6-11(2)7-9-14)10-16-18-12(3)13(4)19-16/h11,14-15,17H,5-10H2,1-4H3. The molecule has 0 aromatic carbocycles. The van der Waals surface area contributed by atoms with Crippen molar-refractivity contribution in [2.24, 2.45) is 11.8 Å². The molecule has 108 valence electrons. The van der Waals surface area contributed by atoms with Crippen LogP contribution in [-0.4, -0.2) is 17.6 Å². The Morgan fingerprint density at radius 3 is 2.47 bits per heavy atom. The molecule has 2 nitrogen and oxygen atoms in total. The second-order valence-electron chi connectivity index (χ2n) is 6.14. The molecule has 1 unspecified atom stereocenters. The maximum absolute atomic E-state index is 4.72. The fourth-order valence-corrected chi connectivity index (χ4v) is 4.16. The molecular weight excluding hydrogens is 252 g/mol. The van der Waals surface area contributed by atoms with Crippen molar-refractivity contribution in [3.8, 4) is 0 Å². The minimum absolute atomic E-state index is 0.627. The molecular formula is C16H28N2S. The van der Waals surface area contributed by atoms with Crippen molar-refractivity contribution < 1.29 is 0 Å². The first-order valence-corrected chi connectivity index (χ1v) is 8.58. The number of likely N-dealkylation sites (N-methyl/N-ethyl adjacent to an activating group) is 1. The topological polar surface area (TPSA) is 24.9 Å². The first kappa shape index (κ1) is 15.0. The van der Waals surface area contributed by atoms with Crippen LogP contribution in [0.25, 0.3) is 0 Å². The van der Waals surface area contributed by atoms with Crippen molar-refractivity contribution in [2.45, 2.75) is 65.8 Å². The SMILES string of the molecule is CCNC(Cc1nc(C)c(C)s1)C1CCC(C)CC1. The van der Waals surface area contributed by atoms with Gasteiger partial charge in [0.1, 0.15) is 0 Å². The van der Waals surface area contributed by atoms with E-state index in [2.05, 4.69) is 33.0 Å². The second-order valence-corrected chi connectivity index (χ2v) is 7.43. The van der Waals surface area contributed by atoms with Crippen LogP contribution in [0.1, 0.15) is 55.1 Å². The zero-order valence-electron chi connectivity index (χ0n) is 12.8. The molecule has 1 aromatic rings. The van der Waals surface area contributed by atoms with Crippen LogP contribution < -0.4 is 5.32 Å². The summed E-state index contributed by atoms with van der Waals surface area (Å²) in [5, 5.41) is 5.03. The number of aryl methyl sites for hydroxylation is 2. The number of nitrogens with zero attached hydrogens (tertiary/aromatic N) is 1. The van der Waals surface area contributed by atoms with Gasteiger partial charge in [-0.1, -0.05) is 26.7 Å². The van der Waals surface area contributed by atoms with Crippen molar-refractivity contribution in [3.63, 3.8) is 0 Å². The van der Waals surface area contributed by atoms with E-state index < -0.39 is 0 Å². The van der Waals surface area contributed by atoms with Gasteiger partial charge < -0.3 is 5.32 Å². The molecule has 1 N–H and O–H groups in total. The first-order chi connectivity index (χ1) is 9.10. The fraction of sp³-hybridized carbons (Fsp3) is 0.812. The van der Waals surface area contributed by atoms with Gasteiger partial charge in [0.25, 0.3) is 0 Å². The van der Waals surface area contributed by atoms with Gasteiger partial charge in [0.05, 0.1) is 10.7 Å². The van der Waals surface area contributed by atoms with E-state index in [1.807, 2.05) is 11.3 Å². The zero-order valence-corrected chi connectivity index (χ0v) is 13.6. The molecule has 3 heteroatoms. The number of rotatable bonds is 5. The summed E-state index contributed by atoms with van der Waals surface area (Å²) in [6.07, 6.45) is 6.71. The summed E-state index contributed by atoms with van der Waals surface area (Å²) in [7, 11) is 0. The molecule has 1 atom stereocenters. The maximum Gasteiger partial charge on any atom is 0.0946 e. The van der Waals surface area contributed by atoms with E-state index in [9.17, 15) is 0 Å². The highest BCUT2D eigenvalue weighted by Crippen LogP contribution is 2.32. The lowest BCUT2D eigenvalue weighted by atomic mass is 9.78. The average Bonchev–Trinajstić information content (AvgIpc) is 2.69. The molecule has 1 aliphatic carbocycles. The van der Waals surface area contributed by atoms with Gasteiger partial charge >= 0.3 is 0 Å². The largest absolute Gasteiger partial charge is 0.314 e. The Morgan fingerprint density at radius 2 is 1.95 bits per heavy atom. The van der Waals surface area contributed by atoms with Crippen LogP contribution in [0.2, 0.25) is 0 Å². The van der Waals surface area contributed by atoms with Gasteiger partial charge in [-0.05, 0) is 45.1 Å². The van der Waals surface area contributed by atoms with E-state index in [0.717, 1.165) is 24.8 Å². The molecule has 0 bridgehead atoms. The smallest absolute Gasteiger partial charge is 0.0946 e. The van der Waals surface area contributed by atoms with E-state index in [0.29, 0.717) is 6.04 Å². The van der Waals surface area contributed by atoms with Crippen LogP contribution in [-0.2, 0) is 6.42 Å². The van der Waals surface area contributed by atoms with E-state index >= 15 is 0 Å². The van der Waals surface area contributed by atoms with Crippen molar-refractivity contribution in [1.29, 1.82) is 0 Å². The third kappa shape index (κ3) is 4.03. The number of hydrogen-bond acceptors (Lipinski definition) is 3. The van der Waals surface area contributed by atoms with Gasteiger partial charge in [0.2, 0.25) is 0 Å². The summed E-state index contributed by atoms with van der Waals surface area (Å²) < 4.78 is 0. The first-order valence-electron chi connectivity index (χ1n) is 7.76. The average molecular weight is 280 g/mol. The third-order valence-corrected chi connectivity index (χ3v) is 5.66. The Morgan fingerprint density at radius 1 is 1.26 bits per heavy atom. The van der Waals surface area contributed by atoms with Crippen molar-refractivity contribution in [2.75, 3.05) is 6.54 Å². The highest BCUT2D eigenvalue weighted by Gasteiger charge is 2.26. The molecule has 1 aromatic heterocycles. The third-order valence-electron chi connectivity index (χ3n) is 4.56. The lowest BCUT2D eigenvalue weighted by Crippen LogP contribution is -2.39. The van der Waals surface area contributed by atoms with Gasteiger partial charge in [-0.25, -0.2) is 4.98 Å². The molecule has 1 heterocycles. The minimum atomic E-state index is 0.627. The van der Waals surface area contributed by atoms with E-state index in [4.69, 9.17) is 4.98 Å². The predicted octanol–water partition coefficient (Wildman–Crippen LogP) is 4.11. The zero-order chi connectivity index (χ0) is 13.8. The van der Waals surface area contributed by atoms with Crippen LogP contribution in [0, 0.1) is 25.7 Å². The Hall–Kier alpha value is -0.410. The molecule has 2 rings (SSSR count). The molecule has 19 heavy (non-hydrogen) atoms. The van der Waals surface area contributed by atoms with Crippen LogP contribution in [0.3, 0.4) is 0 Å². The Bertz CT molecular complexity index is 372. The Labute approximate surface area is 122 Å². The van der Waals surface area contributed by atoms with Crippen molar-refractivity contribution >= 4 is 11.3 Å². The van der Waals surface area contributed by atoms with E-state index in [1.165, 1.54) is 41.3 Å². The number of nitrogens with one attached hydrogen (secondary N) is 1. The molecule has 1 saturated carbocycles. The van der Waals surface area contributed by atoms with Gasteiger partial charge in [-0.3, -0.25) is 0 Å². The Balaban J connectivity index is 1.99. The van der Waals surface area contributed by atoms with Gasteiger partial charge in [-0.2, -0.15) is 0 Å². The quantitative estimate of drug-likeness (QED) is 0.878. The summed E-state index contributed by atoms with van der Waals surface area (Å²) in [6, 6.07) is 0.627. The molecule has 0 radical (unpaired) electrons. The lowest BCUT2D eigenvalue weighted by molar-refractivity contribution is 0.230. The summed E-state index contributed by atoms with van der Waals surface area (Å²) in [4.78, 5) is 6.10. The molecule has 0 saturated heterocycles. The van der Waals surface area contributed by atoms with E-state index in [1.54, 1.807) is 0 Å². The van der Waals surface area contributed by atoms with Gasteiger partial charge in [-0.15, -0.1) is 11.3 Å². The highest BCUT2D eigenvalue weighted by atomic mass is 32.1. The monoisotopic (exact) mass is 280 g/mol. The van der Waals surface area contributed by atoms with E-state index in [-0.39, 0.29) is 0 Å². The van der Waals surface area contributed by atoms with Crippen molar-refractivity contribution in [1.82, 2.24) is 10.3 Å². The Kier molecular flexibility index (Phi) is 5.40. The minimum Gasteiger partial charge on any atom is -0.314 e. The van der Waals surface area contributed by atoms with Crippen LogP contribution in [0.5, 0.6) is 0 Å². The van der Waals surface area contributed by atoms with Crippen LogP contribution in [0.15, 0.2) is 0 Å². The van der Waals surface area contributed by atoms with Crippen LogP contribution in [0.4, 0.5) is 0 Å².